The van der Waals surface area contributed by atoms with Crippen LogP contribution in [0.4, 0.5) is 5.69 Å². The largest absolute Gasteiger partial charge is 0.451 e. The van der Waals surface area contributed by atoms with E-state index in [9.17, 15) is 13.2 Å². The zero-order valence-electron chi connectivity index (χ0n) is 17.7. The number of ether oxygens (including phenoxy) is 1. The Hall–Kier alpha value is -2.68. The van der Waals surface area contributed by atoms with Crippen LogP contribution in [0.5, 0.6) is 0 Å². The number of hydrogen-bond acceptors (Lipinski definition) is 5. The van der Waals surface area contributed by atoms with Crippen molar-refractivity contribution in [2.45, 2.75) is 37.7 Å². The lowest BCUT2D eigenvalue weighted by Crippen LogP contribution is -2.35. The minimum atomic E-state index is -3.60. The number of nitrogens with zero attached hydrogens (tertiary/aromatic N) is 1. The molecule has 8 heteroatoms. The second-order valence-electron chi connectivity index (χ2n) is 7.73. The molecule has 31 heavy (non-hydrogen) atoms. The Labute approximate surface area is 182 Å². The summed E-state index contributed by atoms with van der Waals surface area (Å²) in [4.78, 5) is 13.3. The van der Waals surface area contributed by atoms with E-state index in [2.05, 4.69) is 5.32 Å². The number of piperidine rings is 1. The van der Waals surface area contributed by atoms with Crippen LogP contribution < -0.4 is 5.32 Å². The molecule has 0 aliphatic carbocycles. The van der Waals surface area contributed by atoms with Crippen molar-refractivity contribution < 1.29 is 22.4 Å². The molecule has 1 aromatic heterocycles. The number of aryl methyl sites for hydroxylation is 1. The third-order valence-electron chi connectivity index (χ3n) is 5.60. The molecular formula is C23H26N2O5S. The van der Waals surface area contributed by atoms with E-state index in [1.54, 1.807) is 25.3 Å². The number of sulfonamides is 1. The highest BCUT2D eigenvalue weighted by atomic mass is 32.2. The van der Waals surface area contributed by atoms with Gasteiger partial charge in [-0.1, -0.05) is 30.7 Å². The summed E-state index contributed by atoms with van der Waals surface area (Å²) in [6, 6.07) is 12.2. The number of para-hydroxylation sites is 1. The maximum Gasteiger partial charge on any atom is 0.291 e. The molecule has 1 aliphatic heterocycles. The molecule has 3 aromatic rings. The normalized spacial score (nSPS) is 15.3. The topological polar surface area (TPSA) is 88.8 Å². The second-order valence-corrected chi connectivity index (χ2v) is 9.67. The molecule has 7 nitrogen and oxygen atoms in total. The number of carbonyl (C=O) groups excluding carboxylic acids is 1. The Morgan fingerprint density at radius 1 is 1.13 bits per heavy atom. The van der Waals surface area contributed by atoms with Gasteiger partial charge < -0.3 is 14.5 Å². The number of benzene rings is 2. The predicted octanol–water partition coefficient (Wildman–Crippen LogP) is 4.31. The van der Waals surface area contributed by atoms with Crippen LogP contribution in [0.2, 0.25) is 0 Å². The number of nitrogens with one attached hydrogen (secondary N) is 1. The first-order chi connectivity index (χ1) is 14.9. The maximum absolute atomic E-state index is 13.1. The SMILES string of the molecule is COCc1c(C(=O)Nc2cc(S(=O)(=O)N3CCCCC3)ccc2C)oc2ccccc12. The average molecular weight is 443 g/mol. The molecule has 0 spiro atoms. The molecule has 0 atom stereocenters. The number of amides is 1. The van der Waals surface area contributed by atoms with Crippen LogP contribution in [-0.4, -0.2) is 38.8 Å². The molecule has 1 amide bonds. The van der Waals surface area contributed by atoms with Crippen molar-refractivity contribution in [1.82, 2.24) is 4.31 Å². The molecule has 164 valence electrons. The maximum atomic E-state index is 13.1. The molecule has 1 fully saturated rings. The first-order valence-electron chi connectivity index (χ1n) is 10.3. The van der Waals surface area contributed by atoms with Crippen LogP contribution in [0.1, 0.15) is 40.9 Å². The minimum absolute atomic E-state index is 0.159. The summed E-state index contributed by atoms with van der Waals surface area (Å²) in [5, 5.41) is 3.64. The summed E-state index contributed by atoms with van der Waals surface area (Å²) in [7, 11) is -2.04. The standard InChI is InChI=1S/C23H26N2O5S/c1-16-10-11-17(31(27,28)25-12-6-3-7-13-25)14-20(16)24-23(26)22-19(15-29-2)18-8-4-5-9-21(18)30-22/h4-5,8-11,14H,3,6-7,12-13,15H2,1-2H3,(H,24,26). The Bertz CT molecular complexity index is 1210. The fraction of sp³-hybridized carbons (Fsp3) is 0.348. The molecule has 4 rings (SSSR count). The highest BCUT2D eigenvalue weighted by molar-refractivity contribution is 7.89. The number of anilines is 1. The van der Waals surface area contributed by atoms with E-state index in [1.807, 2.05) is 25.1 Å². The summed E-state index contributed by atoms with van der Waals surface area (Å²) >= 11 is 0. The predicted molar refractivity (Wildman–Crippen MR) is 119 cm³/mol. The van der Waals surface area contributed by atoms with Crippen LogP contribution in [0, 0.1) is 6.92 Å². The lowest BCUT2D eigenvalue weighted by molar-refractivity contribution is 0.0992. The molecule has 0 radical (unpaired) electrons. The van der Waals surface area contributed by atoms with E-state index >= 15 is 0 Å². The monoisotopic (exact) mass is 442 g/mol. The Kier molecular flexibility index (Phi) is 6.13. The Morgan fingerprint density at radius 2 is 1.87 bits per heavy atom. The van der Waals surface area contributed by atoms with E-state index in [-0.39, 0.29) is 17.3 Å². The lowest BCUT2D eigenvalue weighted by atomic mass is 10.1. The van der Waals surface area contributed by atoms with Gasteiger partial charge in [0.15, 0.2) is 5.76 Å². The summed E-state index contributed by atoms with van der Waals surface area (Å²) in [6.45, 7) is 3.10. The third-order valence-corrected chi connectivity index (χ3v) is 7.50. The van der Waals surface area contributed by atoms with Gasteiger partial charge in [-0.2, -0.15) is 4.31 Å². The van der Waals surface area contributed by atoms with E-state index < -0.39 is 15.9 Å². The lowest BCUT2D eigenvalue weighted by Gasteiger charge is -2.26. The number of fused-ring (bicyclic) bond motifs is 1. The van der Waals surface area contributed by atoms with Crippen molar-refractivity contribution in [1.29, 1.82) is 0 Å². The van der Waals surface area contributed by atoms with Crippen molar-refractivity contribution in [2.75, 3.05) is 25.5 Å². The molecule has 1 N–H and O–H groups in total. The van der Waals surface area contributed by atoms with Gasteiger partial charge in [0, 0.05) is 36.8 Å². The molecule has 0 unspecified atom stereocenters. The molecule has 0 saturated carbocycles. The number of methoxy groups -OCH3 is 1. The van der Waals surface area contributed by atoms with Gasteiger partial charge in [0.1, 0.15) is 5.58 Å². The molecular weight excluding hydrogens is 416 g/mol. The van der Waals surface area contributed by atoms with Gasteiger partial charge >= 0.3 is 0 Å². The molecule has 2 heterocycles. The van der Waals surface area contributed by atoms with Crippen LogP contribution in [0.25, 0.3) is 11.0 Å². The van der Waals surface area contributed by atoms with Gasteiger partial charge in [-0.05, 0) is 43.5 Å². The number of furan rings is 1. The van der Waals surface area contributed by atoms with Gasteiger partial charge in [0.25, 0.3) is 5.91 Å². The zero-order valence-corrected chi connectivity index (χ0v) is 18.5. The van der Waals surface area contributed by atoms with Crippen LogP contribution >= 0.6 is 0 Å². The number of rotatable bonds is 6. The average Bonchev–Trinajstić information content (AvgIpc) is 3.15. The number of hydrogen-bond donors (Lipinski definition) is 1. The van der Waals surface area contributed by atoms with Crippen LogP contribution in [0.15, 0.2) is 51.8 Å². The fourth-order valence-electron chi connectivity index (χ4n) is 3.90. The van der Waals surface area contributed by atoms with E-state index in [0.717, 1.165) is 30.2 Å². The summed E-state index contributed by atoms with van der Waals surface area (Å²) in [6.07, 6.45) is 2.77. The van der Waals surface area contributed by atoms with Crippen molar-refractivity contribution in [3.8, 4) is 0 Å². The molecule has 1 aliphatic rings. The van der Waals surface area contributed by atoms with Crippen molar-refractivity contribution in [3.05, 3.63) is 59.4 Å². The smallest absolute Gasteiger partial charge is 0.291 e. The third kappa shape index (κ3) is 4.23. The molecule has 1 saturated heterocycles. The van der Waals surface area contributed by atoms with Crippen molar-refractivity contribution in [2.24, 2.45) is 0 Å². The fourth-order valence-corrected chi connectivity index (χ4v) is 5.44. The summed E-state index contributed by atoms with van der Waals surface area (Å²) < 4.78 is 38.7. The van der Waals surface area contributed by atoms with E-state index in [1.165, 1.54) is 10.4 Å². The van der Waals surface area contributed by atoms with Crippen molar-refractivity contribution in [3.63, 3.8) is 0 Å². The first-order valence-corrected chi connectivity index (χ1v) is 11.8. The number of carbonyl (C=O) groups is 1. The summed E-state index contributed by atoms with van der Waals surface area (Å²) in [5.41, 5.74) is 2.45. The van der Waals surface area contributed by atoms with Crippen LogP contribution in [-0.2, 0) is 21.4 Å². The van der Waals surface area contributed by atoms with E-state index in [4.69, 9.17) is 9.15 Å². The van der Waals surface area contributed by atoms with Gasteiger partial charge in [-0.15, -0.1) is 0 Å². The Balaban J connectivity index is 1.65. The second kappa shape index (κ2) is 8.82. The van der Waals surface area contributed by atoms with Gasteiger partial charge in [0.05, 0.1) is 11.5 Å². The zero-order chi connectivity index (χ0) is 22.0. The molecule has 2 aromatic carbocycles. The van der Waals surface area contributed by atoms with Gasteiger partial charge in [-0.25, -0.2) is 8.42 Å². The highest BCUT2D eigenvalue weighted by Crippen LogP contribution is 2.29. The molecule has 0 bridgehead atoms. The van der Waals surface area contributed by atoms with E-state index in [0.29, 0.717) is 29.9 Å². The highest BCUT2D eigenvalue weighted by Gasteiger charge is 2.27. The van der Waals surface area contributed by atoms with Gasteiger partial charge in [-0.3, -0.25) is 4.79 Å². The van der Waals surface area contributed by atoms with Gasteiger partial charge in [0.2, 0.25) is 10.0 Å². The first kappa shape index (κ1) is 21.5. The van der Waals surface area contributed by atoms with Crippen LogP contribution in [0.3, 0.4) is 0 Å². The minimum Gasteiger partial charge on any atom is -0.451 e. The summed E-state index contributed by atoms with van der Waals surface area (Å²) in [5.74, 6) is -0.286. The van der Waals surface area contributed by atoms with Crippen molar-refractivity contribution >= 4 is 32.6 Å². The quantitative estimate of drug-likeness (QED) is 0.614. The Morgan fingerprint density at radius 3 is 2.61 bits per heavy atom.